The highest BCUT2D eigenvalue weighted by Gasteiger charge is 2.18. The second-order valence-electron chi connectivity index (χ2n) is 7.59. The van der Waals surface area contributed by atoms with Crippen molar-refractivity contribution in [1.29, 1.82) is 0 Å². The van der Waals surface area contributed by atoms with Crippen LogP contribution in [0.5, 0.6) is 0 Å². The predicted octanol–water partition coefficient (Wildman–Crippen LogP) is 6.62. The Morgan fingerprint density at radius 2 is 0.625 bits per heavy atom. The molecule has 0 spiro atoms. The van der Waals surface area contributed by atoms with Crippen molar-refractivity contribution in [3.8, 4) is 0 Å². The average molecular weight is 323 g/mol. The summed E-state index contributed by atoms with van der Waals surface area (Å²) in [5.41, 5.74) is 17.9. The number of hydrogen-bond acceptors (Lipinski definition) is 0. The molecule has 0 aliphatic rings. The molecular weight excluding hydrogens is 288 g/mol. The first-order valence-electron chi connectivity index (χ1n) is 9.27. The molecule has 2 aromatic carbocycles. The molecule has 0 atom stereocenters. The van der Waals surface area contributed by atoms with Gasteiger partial charge < -0.3 is 0 Å². The Morgan fingerprint density at radius 3 is 0.958 bits per heavy atom. The van der Waals surface area contributed by atoms with Crippen molar-refractivity contribution >= 4 is 0 Å². The maximum absolute atomic E-state index is 2.31. The zero-order valence-electron chi connectivity index (χ0n) is 17.4. The quantitative estimate of drug-likeness (QED) is 0.596. The predicted molar refractivity (Wildman–Crippen MR) is 108 cm³/mol. The van der Waals surface area contributed by atoms with Gasteiger partial charge in [-0.1, -0.05) is 6.92 Å². The first kappa shape index (κ1) is 18.8. The monoisotopic (exact) mass is 322 g/mol. The Kier molecular flexibility index (Phi) is 5.28. The zero-order valence-corrected chi connectivity index (χ0v) is 17.4. The Balaban J connectivity index is 2.71. The summed E-state index contributed by atoms with van der Waals surface area (Å²) in [5, 5.41) is 0. The Labute approximate surface area is 149 Å². The van der Waals surface area contributed by atoms with E-state index in [-0.39, 0.29) is 0 Å². The molecule has 0 heterocycles. The van der Waals surface area contributed by atoms with Gasteiger partial charge in [0.1, 0.15) is 0 Å². The lowest BCUT2D eigenvalue weighted by Crippen LogP contribution is -2.09. The zero-order chi connectivity index (χ0) is 18.3. The highest BCUT2D eigenvalue weighted by atomic mass is 14.2. The molecule has 0 saturated carbocycles. The highest BCUT2D eigenvalue weighted by molar-refractivity contribution is 5.55. The summed E-state index contributed by atoms with van der Waals surface area (Å²) in [7, 11) is 0. The van der Waals surface area contributed by atoms with Gasteiger partial charge >= 0.3 is 0 Å². The van der Waals surface area contributed by atoms with Crippen LogP contribution in [0.15, 0.2) is 0 Å². The fourth-order valence-electron chi connectivity index (χ4n) is 4.28. The van der Waals surface area contributed by atoms with Crippen LogP contribution in [-0.2, 0) is 12.8 Å². The van der Waals surface area contributed by atoms with Crippen molar-refractivity contribution in [2.75, 3.05) is 0 Å². The first-order chi connectivity index (χ1) is 11.1. The molecule has 0 aliphatic carbocycles. The molecule has 2 rings (SSSR count). The van der Waals surface area contributed by atoms with Crippen molar-refractivity contribution in [3.05, 3.63) is 66.8 Å². The average Bonchev–Trinajstić information content (AvgIpc) is 2.56. The van der Waals surface area contributed by atoms with Crippen LogP contribution in [0.25, 0.3) is 0 Å². The maximum Gasteiger partial charge on any atom is -0.00149 e. The molecule has 0 bridgehead atoms. The molecule has 0 radical (unpaired) electrons. The van der Waals surface area contributed by atoms with Gasteiger partial charge in [-0.2, -0.15) is 0 Å². The number of benzene rings is 2. The van der Waals surface area contributed by atoms with Crippen LogP contribution in [-0.4, -0.2) is 0 Å². The lowest BCUT2D eigenvalue weighted by Gasteiger charge is -2.23. The van der Waals surface area contributed by atoms with Gasteiger partial charge in [0.2, 0.25) is 0 Å². The third-order valence-corrected chi connectivity index (χ3v) is 6.80. The van der Waals surface area contributed by atoms with Gasteiger partial charge in [-0.15, -0.1) is 0 Å². The summed E-state index contributed by atoms with van der Waals surface area (Å²) in [6.07, 6.45) is 2.18. The van der Waals surface area contributed by atoms with Gasteiger partial charge in [0.25, 0.3) is 0 Å². The minimum Gasteiger partial charge on any atom is -0.0613 e. The van der Waals surface area contributed by atoms with E-state index < -0.39 is 0 Å². The molecule has 0 unspecified atom stereocenters. The van der Waals surface area contributed by atoms with Crippen molar-refractivity contribution in [3.63, 3.8) is 0 Å². The first-order valence-corrected chi connectivity index (χ1v) is 9.27. The maximum atomic E-state index is 2.31. The van der Waals surface area contributed by atoms with Crippen LogP contribution in [0, 0.1) is 62.3 Å². The summed E-state index contributed by atoms with van der Waals surface area (Å²) in [5.74, 6) is 0. The summed E-state index contributed by atoms with van der Waals surface area (Å²) in [4.78, 5) is 0. The van der Waals surface area contributed by atoms with Crippen LogP contribution in [0.1, 0.15) is 73.7 Å². The third kappa shape index (κ3) is 2.81. The van der Waals surface area contributed by atoms with Gasteiger partial charge in [0.15, 0.2) is 0 Å². The van der Waals surface area contributed by atoms with Gasteiger partial charge in [0.05, 0.1) is 0 Å². The van der Waals surface area contributed by atoms with E-state index >= 15 is 0 Å². The number of hydrogen-bond donors (Lipinski definition) is 0. The molecule has 130 valence electrons. The van der Waals surface area contributed by atoms with E-state index in [0.29, 0.717) is 0 Å². The largest absolute Gasteiger partial charge is 0.0613 e. The smallest absolute Gasteiger partial charge is 0.00149 e. The molecule has 0 aromatic heterocycles. The lowest BCUT2D eigenvalue weighted by molar-refractivity contribution is 0.991. The second-order valence-corrected chi connectivity index (χ2v) is 7.59. The number of rotatable bonds is 3. The van der Waals surface area contributed by atoms with Crippen LogP contribution < -0.4 is 0 Å². The molecule has 0 heteroatoms. The highest BCUT2D eigenvalue weighted by Crippen LogP contribution is 2.33. The Morgan fingerprint density at radius 1 is 0.375 bits per heavy atom. The molecule has 0 N–H and O–H groups in total. The molecule has 2 aromatic rings. The van der Waals surface area contributed by atoms with Gasteiger partial charge in [0, 0.05) is 0 Å². The van der Waals surface area contributed by atoms with E-state index in [4.69, 9.17) is 0 Å². The summed E-state index contributed by atoms with van der Waals surface area (Å²) >= 11 is 0. The van der Waals surface area contributed by atoms with Crippen molar-refractivity contribution < 1.29 is 0 Å². The summed E-state index contributed by atoms with van der Waals surface area (Å²) in [6, 6.07) is 0. The third-order valence-electron chi connectivity index (χ3n) is 6.80. The van der Waals surface area contributed by atoms with Crippen LogP contribution in [0.4, 0.5) is 0 Å². The topological polar surface area (TPSA) is 0 Å². The van der Waals surface area contributed by atoms with E-state index in [1.54, 1.807) is 5.56 Å². The van der Waals surface area contributed by atoms with Crippen LogP contribution >= 0.6 is 0 Å². The van der Waals surface area contributed by atoms with Crippen molar-refractivity contribution in [2.45, 2.75) is 82.1 Å². The van der Waals surface area contributed by atoms with Gasteiger partial charge in [-0.3, -0.25) is 0 Å². The standard InChI is InChI=1S/C24H34/c1-11-22-18(7)20(9)24(21(10)19(22)8)12-23-16(5)14(3)13(2)15(4)17(23)6/h11-12H2,1-10H3. The summed E-state index contributed by atoms with van der Waals surface area (Å²) in [6.45, 7) is 22.9. The Hall–Kier alpha value is -1.56. The SMILES string of the molecule is CCc1c(C)c(C)c(Cc2c(C)c(C)c(C)c(C)c2C)c(C)c1C. The molecule has 0 fully saturated rings. The van der Waals surface area contributed by atoms with Crippen molar-refractivity contribution in [1.82, 2.24) is 0 Å². The van der Waals surface area contributed by atoms with E-state index in [0.717, 1.165) is 12.8 Å². The van der Waals surface area contributed by atoms with E-state index in [9.17, 15) is 0 Å². The minimum absolute atomic E-state index is 1.06. The fraction of sp³-hybridized carbons (Fsp3) is 0.500. The molecule has 0 nitrogen and oxygen atoms in total. The normalized spacial score (nSPS) is 11.2. The minimum atomic E-state index is 1.06. The van der Waals surface area contributed by atoms with Gasteiger partial charge in [-0.25, -0.2) is 0 Å². The second kappa shape index (κ2) is 6.75. The lowest BCUT2D eigenvalue weighted by atomic mass is 9.82. The van der Waals surface area contributed by atoms with E-state index in [1.165, 1.54) is 61.2 Å². The molecule has 24 heavy (non-hydrogen) atoms. The van der Waals surface area contributed by atoms with Gasteiger partial charge in [-0.05, 0) is 142 Å². The molecule has 0 aliphatic heterocycles. The summed E-state index contributed by atoms with van der Waals surface area (Å²) < 4.78 is 0. The van der Waals surface area contributed by atoms with E-state index in [1.807, 2.05) is 0 Å². The van der Waals surface area contributed by atoms with Crippen LogP contribution in [0.2, 0.25) is 0 Å². The molecule has 0 amide bonds. The Bertz CT molecular complexity index is 746. The van der Waals surface area contributed by atoms with Crippen molar-refractivity contribution in [2.24, 2.45) is 0 Å². The molecular formula is C24H34. The molecule has 0 saturated heterocycles. The van der Waals surface area contributed by atoms with E-state index in [2.05, 4.69) is 69.2 Å². The fourth-order valence-corrected chi connectivity index (χ4v) is 4.28. The van der Waals surface area contributed by atoms with Crippen LogP contribution in [0.3, 0.4) is 0 Å².